The van der Waals surface area contributed by atoms with Crippen molar-refractivity contribution in [2.24, 2.45) is 0 Å². The molecule has 2 amide bonds. The van der Waals surface area contributed by atoms with Gasteiger partial charge in [-0.2, -0.15) is 0 Å². The largest absolute Gasteiger partial charge is 0.339 e. The Kier molecular flexibility index (Phi) is 4.58. The molecule has 134 valence electrons. The second-order valence-electron chi connectivity index (χ2n) is 6.34. The van der Waals surface area contributed by atoms with E-state index in [4.69, 9.17) is 0 Å². The van der Waals surface area contributed by atoms with Crippen LogP contribution >= 0.6 is 0 Å². The molecule has 2 N–H and O–H groups in total. The lowest BCUT2D eigenvalue weighted by Gasteiger charge is -2.27. The number of nitrogens with zero attached hydrogens (tertiary/aromatic N) is 1. The van der Waals surface area contributed by atoms with Gasteiger partial charge >= 0.3 is 0 Å². The van der Waals surface area contributed by atoms with Crippen molar-refractivity contribution in [2.75, 3.05) is 16.8 Å². The zero-order chi connectivity index (χ0) is 18.6. The Morgan fingerprint density at radius 1 is 0.889 bits per heavy atom. The van der Waals surface area contributed by atoms with E-state index in [-0.39, 0.29) is 11.8 Å². The number of para-hydroxylation sites is 3. The minimum atomic E-state index is -0.690. The minimum Gasteiger partial charge on any atom is -0.339 e. The maximum Gasteiger partial charge on any atom is 0.251 e. The number of hydrogen-bond acceptors (Lipinski definition) is 3. The highest BCUT2D eigenvalue weighted by Gasteiger charge is 2.30. The number of carbonyl (C=O) groups excluding carboxylic acids is 2. The van der Waals surface area contributed by atoms with Gasteiger partial charge in [-0.05, 0) is 36.4 Å². The van der Waals surface area contributed by atoms with Crippen LogP contribution < -0.4 is 15.5 Å². The van der Waals surface area contributed by atoms with Crippen LogP contribution in [0.5, 0.6) is 0 Å². The fourth-order valence-corrected chi connectivity index (χ4v) is 3.19. The Morgan fingerprint density at radius 3 is 2.26 bits per heavy atom. The molecule has 0 unspecified atom stereocenters. The van der Waals surface area contributed by atoms with Gasteiger partial charge < -0.3 is 15.5 Å². The van der Waals surface area contributed by atoms with Gasteiger partial charge in [0, 0.05) is 11.3 Å². The SMILES string of the molecule is O=C(N[C@H]1CN(c2ccccc2)c2ccccc2NC1=O)c1ccccc1. The normalized spacial score (nSPS) is 16.1. The first-order valence-electron chi connectivity index (χ1n) is 8.81. The van der Waals surface area contributed by atoms with E-state index in [0.717, 1.165) is 17.1 Å². The molecule has 0 aromatic heterocycles. The summed E-state index contributed by atoms with van der Waals surface area (Å²) in [5.74, 6) is -0.500. The van der Waals surface area contributed by atoms with E-state index in [0.29, 0.717) is 12.1 Å². The van der Waals surface area contributed by atoms with Crippen LogP contribution in [0.3, 0.4) is 0 Å². The van der Waals surface area contributed by atoms with Crippen molar-refractivity contribution >= 4 is 28.9 Å². The van der Waals surface area contributed by atoms with Gasteiger partial charge in [0.05, 0.1) is 17.9 Å². The molecule has 0 aliphatic carbocycles. The van der Waals surface area contributed by atoms with Gasteiger partial charge in [-0.3, -0.25) is 9.59 Å². The summed E-state index contributed by atoms with van der Waals surface area (Å²) in [5, 5.41) is 5.80. The van der Waals surface area contributed by atoms with Crippen LogP contribution in [0.4, 0.5) is 17.1 Å². The molecule has 3 aromatic rings. The molecule has 27 heavy (non-hydrogen) atoms. The molecule has 5 nitrogen and oxygen atoms in total. The molecule has 1 aliphatic rings. The quantitative estimate of drug-likeness (QED) is 0.753. The Balaban J connectivity index is 1.67. The van der Waals surface area contributed by atoms with Gasteiger partial charge in [0.15, 0.2) is 0 Å². The summed E-state index contributed by atoms with van der Waals surface area (Å²) < 4.78 is 0. The Labute approximate surface area is 157 Å². The highest BCUT2D eigenvalue weighted by Crippen LogP contribution is 2.34. The molecule has 0 bridgehead atoms. The predicted octanol–water partition coefficient (Wildman–Crippen LogP) is 3.58. The molecule has 1 atom stereocenters. The maximum atomic E-state index is 12.8. The van der Waals surface area contributed by atoms with Crippen molar-refractivity contribution in [1.82, 2.24) is 5.32 Å². The summed E-state index contributed by atoms with van der Waals surface area (Å²) >= 11 is 0. The van der Waals surface area contributed by atoms with Gasteiger partial charge in [-0.15, -0.1) is 0 Å². The van der Waals surface area contributed by atoms with Crippen molar-refractivity contribution < 1.29 is 9.59 Å². The summed E-state index contributed by atoms with van der Waals surface area (Å²) in [7, 11) is 0. The van der Waals surface area contributed by atoms with Crippen molar-refractivity contribution in [1.29, 1.82) is 0 Å². The summed E-state index contributed by atoms with van der Waals surface area (Å²) in [4.78, 5) is 27.4. The topological polar surface area (TPSA) is 61.4 Å². The molecule has 4 rings (SSSR count). The number of rotatable bonds is 3. The van der Waals surface area contributed by atoms with Crippen molar-refractivity contribution in [3.8, 4) is 0 Å². The number of amides is 2. The predicted molar refractivity (Wildman–Crippen MR) is 106 cm³/mol. The first kappa shape index (κ1) is 16.8. The molecule has 1 heterocycles. The highest BCUT2D eigenvalue weighted by molar-refractivity contribution is 6.04. The summed E-state index contributed by atoms with van der Waals surface area (Å²) in [5.41, 5.74) is 3.11. The molecule has 5 heteroatoms. The summed E-state index contributed by atoms with van der Waals surface area (Å²) in [6.07, 6.45) is 0. The van der Waals surface area contributed by atoms with E-state index in [1.54, 1.807) is 24.3 Å². The molecular weight excluding hydrogens is 338 g/mol. The Morgan fingerprint density at radius 2 is 1.52 bits per heavy atom. The van der Waals surface area contributed by atoms with Gasteiger partial charge in [0.2, 0.25) is 5.91 Å². The van der Waals surface area contributed by atoms with Gasteiger partial charge in [-0.1, -0.05) is 48.5 Å². The second-order valence-corrected chi connectivity index (χ2v) is 6.34. The third kappa shape index (κ3) is 3.53. The van der Waals surface area contributed by atoms with Crippen LogP contribution in [0.15, 0.2) is 84.9 Å². The Bertz CT molecular complexity index is 958. The van der Waals surface area contributed by atoms with E-state index < -0.39 is 6.04 Å². The van der Waals surface area contributed by atoms with Gasteiger partial charge in [0.25, 0.3) is 5.91 Å². The third-order valence-corrected chi connectivity index (χ3v) is 4.54. The standard InChI is InChI=1S/C22H19N3O2/c26-21(16-9-3-1-4-10-16)24-19-15-25(17-11-5-2-6-12-17)20-14-8-7-13-18(20)23-22(19)27/h1-14,19H,15H2,(H,23,27)(H,24,26)/t19-/m0/s1. The van der Waals surface area contributed by atoms with Crippen molar-refractivity contribution in [3.05, 3.63) is 90.5 Å². The molecular formula is C22H19N3O2. The molecule has 0 radical (unpaired) electrons. The number of carbonyl (C=O) groups is 2. The molecule has 0 saturated heterocycles. The Hall–Kier alpha value is -3.60. The minimum absolute atomic E-state index is 0.231. The lowest BCUT2D eigenvalue weighted by molar-refractivity contribution is -0.117. The lowest BCUT2D eigenvalue weighted by Crippen LogP contribution is -2.48. The van der Waals surface area contributed by atoms with Gasteiger partial charge in [-0.25, -0.2) is 0 Å². The van der Waals surface area contributed by atoms with Crippen molar-refractivity contribution in [3.63, 3.8) is 0 Å². The average molecular weight is 357 g/mol. The first-order chi connectivity index (χ1) is 13.2. The van der Waals surface area contributed by atoms with Crippen LogP contribution in [0, 0.1) is 0 Å². The number of benzene rings is 3. The molecule has 0 saturated carbocycles. The van der Waals surface area contributed by atoms with E-state index in [9.17, 15) is 9.59 Å². The average Bonchev–Trinajstić information content (AvgIpc) is 2.86. The summed E-state index contributed by atoms with van der Waals surface area (Å²) in [6, 6.07) is 25.7. The molecule has 0 spiro atoms. The van der Waals surface area contributed by atoms with Crippen LogP contribution in [0.1, 0.15) is 10.4 Å². The second kappa shape index (κ2) is 7.33. The smallest absolute Gasteiger partial charge is 0.251 e. The zero-order valence-corrected chi connectivity index (χ0v) is 14.6. The highest BCUT2D eigenvalue weighted by atomic mass is 16.2. The number of fused-ring (bicyclic) bond motifs is 1. The van der Waals surface area contributed by atoms with E-state index in [2.05, 4.69) is 10.6 Å². The molecule has 1 aliphatic heterocycles. The lowest BCUT2D eigenvalue weighted by atomic mass is 10.1. The van der Waals surface area contributed by atoms with Crippen LogP contribution in [0.2, 0.25) is 0 Å². The third-order valence-electron chi connectivity index (χ3n) is 4.54. The number of hydrogen-bond donors (Lipinski definition) is 2. The number of anilines is 3. The van der Waals surface area contributed by atoms with Crippen molar-refractivity contribution in [2.45, 2.75) is 6.04 Å². The first-order valence-corrected chi connectivity index (χ1v) is 8.81. The fourth-order valence-electron chi connectivity index (χ4n) is 3.19. The summed E-state index contributed by atoms with van der Waals surface area (Å²) in [6.45, 7) is 0.339. The van der Waals surface area contributed by atoms with Crippen LogP contribution in [0.25, 0.3) is 0 Å². The zero-order valence-electron chi connectivity index (χ0n) is 14.6. The van der Waals surface area contributed by atoms with Gasteiger partial charge in [0.1, 0.15) is 6.04 Å². The molecule has 0 fully saturated rings. The maximum absolute atomic E-state index is 12.8. The monoisotopic (exact) mass is 357 g/mol. The molecule has 3 aromatic carbocycles. The van der Waals surface area contributed by atoms with E-state index >= 15 is 0 Å². The van der Waals surface area contributed by atoms with E-state index in [1.165, 1.54) is 0 Å². The van der Waals surface area contributed by atoms with E-state index in [1.807, 2.05) is 65.6 Å². The fraction of sp³-hybridized carbons (Fsp3) is 0.0909. The number of nitrogens with one attached hydrogen (secondary N) is 2. The van der Waals surface area contributed by atoms with Crippen LogP contribution in [-0.2, 0) is 4.79 Å². The van der Waals surface area contributed by atoms with Crippen LogP contribution in [-0.4, -0.2) is 24.4 Å².